The van der Waals surface area contributed by atoms with E-state index in [0.29, 0.717) is 12.1 Å². The Morgan fingerprint density at radius 1 is 1.18 bits per heavy atom. The fourth-order valence-corrected chi connectivity index (χ4v) is 2.02. The summed E-state index contributed by atoms with van der Waals surface area (Å²) in [5, 5.41) is 4.36. The van der Waals surface area contributed by atoms with Crippen molar-refractivity contribution in [2.45, 2.75) is 38.8 Å². The molecule has 0 radical (unpaired) electrons. The van der Waals surface area contributed by atoms with E-state index in [0.717, 1.165) is 24.5 Å². The number of ether oxygens (including phenoxy) is 1. The van der Waals surface area contributed by atoms with E-state index >= 15 is 0 Å². The second-order valence-electron chi connectivity index (χ2n) is 4.58. The molecule has 0 aromatic heterocycles. The molecule has 0 spiro atoms. The summed E-state index contributed by atoms with van der Waals surface area (Å²) in [6.45, 7) is 5.21. The lowest BCUT2D eigenvalue weighted by atomic mass is 10.1. The van der Waals surface area contributed by atoms with Gasteiger partial charge < -0.3 is 10.1 Å². The molecule has 1 aromatic carbocycles. The Hall–Kier alpha value is -0.570. The molecular weight excluding hydrogens is 234 g/mol. The van der Waals surface area contributed by atoms with E-state index in [1.165, 1.54) is 5.56 Å². The highest BCUT2D eigenvalue weighted by molar-refractivity contribution is 6.30. The highest BCUT2D eigenvalue weighted by Gasteiger charge is 2.07. The lowest BCUT2D eigenvalue weighted by Gasteiger charge is -2.19. The van der Waals surface area contributed by atoms with Gasteiger partial charge in [0.2, 0.25) is 0 Å². The number of hydrogen-bond donors (Lipinski definition) is 1. The Kier molecular flexibility index (Phi) is 6.56. The predicted octanol–water partition coefficient (Wildman–Crippen LogP) is 3.29. The Labute approximate surface area is 109 Å². The summed E-state index contributed by atoms with van der Waals surface area (Å²) in [5.41, 5.74) is 1.31. The standard InChI is InChI=1S/C14H22ClNO/c1-11(8-9-17-3)16-12(2)10-13-4-6-14(15)7-5-13/h4-7,11-12,16H,8-10H2,1-3H3. The minimum atomic E-state index is 0.461. The van der Waals surface area contributed by atoms with Crippen molar-refractivity contribution in [1.82, 2.24) is 5.32 Å². The van der Waals surface area contributed by atoms with Gasteiger partial charge in [0.25, 0.3) is 0 Å². The lowest BCUT2D eigenvalue weighted by molar-refractivity contribution is 0.183. The van der Waals surface area contributed by atoms with E-state index in [1.807, 2.05) is 12.1 Å². The maximum Gasteiger partial charge on any atom is 0.0476 e. The first-order valence-corrected chi connectivity index (χ1v) is 6.49. The highest BCUT2D eigenvalue weighted by atomic mass is 35.5. The fourth-order valence-electron chi connectivity index (χ4n) is 1.90. The van der Waals surface area contributed by atoms with Crippen LogP contribution in [0.5, 0.6) is 0 Å². The second-order valence-corrected chi connectivity index (χ2v) is 5.02. The number of benzene rings is 1. The zero-order valence-electron chi connectivity index (χ0n) is 10.9. The zero-order valence-corrected chi connectivity index (χ0v) is 11.6. The van der Waals surface area contributed by atoms with Gasteiger partial charge in [-0.25, -0.2) is 0 Å². The second kappa shape index (κ2) is 7.70. The van der Waals surface area contributed by atoms with Crippen molar-refractivity contribution in [1.29, 1.82) is 0 Å². The van der Waals surface area contributed by atoms with Crippen LogP contribution in [0.3, 0.4) is 0 Å². The largest absolute Gasteiger partial charge is 0.385 e. The Morgan fingerprint density at radius 2 is 1.82 bits per heavy atom. The summed E-state index contributed by atoms with van der Waals surface area (Å²) in [6.07, 6.45) is 2.07. The first-order valence-electron chi connectivity index (χ1n) is 6.11. The normalized spacial score (nSPS) is 14.6. The quantitative estimate of drug-likeness (QED) is 0.807. The molecule has 0 amide bonds. The van der Waals surface area contributed by atoms with Crippen molar-refractivity contribution in [2.75, 3.05) is 13.7 Å². The van der Waals surface area contributed by atoms with E-state index in [1.54, 1.807) is 7.11 Å². The maximum atomic E-state index is 5.86. The van der Waals surface area contributed by atoms with E-state index in [4.69, 9.17) is 16.3 Å². The third kappa shape index (κ3) is 6.06. The monoisotopic (exact) mass is 255 g/mol. The molecule has 0 aliphatic rings. The molecule has 3 heteroatoms. The van der Waals surface area contributed by atoms with Crippen molar-refractivity contribution in [2.24, 2.45) is 0 Å². The van der Waals surface area contributed by atoms with Gasteiger partial charge in [0.1, 0.15) is 0 Å². The average molecular weight is 256 g/mol. The fraction of sp³-hybridized carbons (Fsp3) is 0.571. The molecular formula is C14H22ClNO. The number of halogens is 1. The Balaban J connectivity index is 2.33. The molecule has 0 aliphatic heterocycles. The van der Waals surface area contributed by atoms with Crippen molar-refractivity contribution >= 4 is 11.6 Å². The first kappa shape index (κ1) is 14.5. The van der Waals surface area contributed by atoms with E-state index in [2.05, 4.69) is 31.3 Å². The number of rotatable bonds is 7. The molecule has 1 aromatic rings. The smallest absolute Gasteiger partial charge is 0.0476 e. The SMILES string of the molecule is COCCC(C)NC(C)Cc1ccc(Cl)cc1. The molecule has 0 aliphatic carbocycles. The number of methoxy groups -OCH3 is 1. The van der Waals surface area contributed by atoms with Crippen molar-refractivity contribution in [3.8, 4) is 0 Å². The molecule has 96 valence electrons. The average Bonchev–Trinajstić information content (AvgIpc) is 2.29. The minimum Gasteiger partial charge on any atom is -0.385 e. The summed E-state index contributed by atoms with van der Waals surface area (Å²) in [7, 11) is 1.74. The summed E-state index contributed by atoms with van der Waals surface area (Å²) >= 11 is 5.86. The first-order chi connectivity index (χ1) is 8.11. The molecule has 2 unspecified atom stereocenters. The molecule has 1 N–H and O–H groups in total. The van der Waals surface area contributed by atoms with Crippen LogP contribution in [0.1, 0.15) is 25.8 Å². The van der Waals surface area contributed by atoms with Gasteiger partial charge in [-0.2, -0.15) is 0 Å². The van der Waals surface area contributed by atoms with Gasteiger partial charge in [0.15, 0.2) is 0 Å². The summed E-state index contributed by atoms with van der Waals surface area (Å²) in [6, 6.07) is 9.00. The van der Waals surface area contributed by atoms with Crippen molar-refractivity contribution in [3.05, 3.63) is 34.9 Å². The molecule has 1 rings (SSSR count). The van der Waals surface area contributed by atoms with Crippen LogP contribution in [0.15, 0.2) is 24.3 Å². The van der Waals surface area contributed by atoms with Crippen LogP contribution >= 0.6 is 11.6 Å². The van der Waals surface area contributed by atoms with Gasteiger partial charge in [0.05, 0.1) is 0 Å². The van der Waals surface area contributed by atoms with Gasteiger partial charge in [-0.3, -0.25) is 0 Å². The molecule has 0 heterocycles. The molecule has 17 heavy (non-hydrogen) atoms. The zero-order chi connectivity index (χ0) is 12.7. The molecule has 0 fully saturated rings. The van der Waals surface area contributed by atoms with Gasteiger partial charge in [-0.1, -0.05) is 23.7 Å². The number of nitrogens with one attached hydrogen (secondary N) is 1. The van der Waals surface area contributed by atoms with Gasteiger partial charge >= 0.3 is 0 Å². The van der Waals surface area contributed by atoms with Crippen LogP contribution in [-0.2, 0) is 11.2 Å². The summed E-state index contributed by atoms with van der Waals surface area (Å²) in [4.78, 5) is 0. The van der Waals surface area contributed by atoms with E-state index in [-0.39, 0.29) is 0 Å². The van der Waals surface area contributed by atoms with Crippen LogP contribution in [-0.4, -0.2) is 25.8 Å². The molecule has 0 saturated carbocycles. The van der Waals surface area contributed by atoms with Crippen LogP contribution in [0.2, 0.25) is 5.02 Å². The third-order valence-electron chi connectivity index (χ3n) is 2.78. The molecule has 2 nitrogen and oxygen atoms in total. The van der Waals surface area contributed by atoms with Crippen LogP contribution in [0.4, 0.5) is 0 Å². The topological polar surface area (TPSA) is 21.3 Å². The van der Waals surface area contributed by atoms with Crippen molar-refractivity contribution < 1.29 is 4.74 Å². The van der Waals surface area contributed by atoms with E-state index in [9.17, 15) is 0 Å². The van der Waals surface area contributed by atoms with Crippen LogP contribution in [0.25, 0.3) is 0 Å². The van der Waals surface area contributed by atoms with Crippen molar-refractivity contribution in [3.63, 3.8) is 0 Å². The van der Waals surface area contributed by atoms with Gasteiger partial charge in [0, 0.05) is 30.8 Å². The van der Waals surface area contributed by atoms with Crippen LogP contribution in [0, 0.1) is 0 Å². The molecule has 0 saturated heterocycles. The molecule has 2 atom stereocenters. The predicted molar refractivity (Wildman–Crippen MR) is 73.7 cm³/mol. The van der Waals surface area contributed by atoms with E-state index < -0.39 is 0 Å². The summed E-state index contributed by atoms with van der Waals surface area (Å²) < 4.78 is 5.07. The lowest BCUT2D eigenvalue weighted by Crippen LogP contribution is -2.36. The minimum absolute atomic E-state index is 0.461. The van der Waals surface area contributed by atoms with Gasteiger partial charge in [-0.05, 0) is 44.4 Å². The third-order valence-corrected chi connectivity index (χ3v) is 3.03. The highest BCUT2D eigenvalue weighted by Crippen LogP contribution is 2.11. The van der Waals surface area contributed by atoms with Crippen LogP contribution < -0.4 is 5.32 Å². The van der Waals surface area contributed by atoms with Gasteiger partial charge in [-0.15, -0.1) is 0 Å². The maximum absolute atomic E-state index is 5.86. The summed E-state index contributed by atoms with van der Waals surface area (Å²) in [5.74, 6) is 0. The molecule has 0 bridgehead atoms. The Bertz CT molecular complexity index is 313. The number of hydrogen-bond acceptors (Lipinski definition) is 2. The Morgan fingerprint density at radius 3 is 2.41 bits per heavy atom.